The molecule has 0 aliphatic carbocycles. The second-order valence-corrected chi connectivity index (χ2v) is 8.32. The van der Waals surface area contributed by atoms with E-state index < -0.39 is 12.1 Å². The van der Waals surface area contributed by atoms with Crippen molar-refractivity contribution in [2.45, 2.75) is 76.9 Å². The van der Waals surface area contributed by atoms with Gasteiger partial charge in [-0.15, -0.1) is 5.92 Å². The molecule has 3 atom stereocenters. The summed E-state index contributed by atoms with van der Waals surface area (Å²) in [5, 5.41) is 19.1. The maximum Gasteiger partial charge on any atom is 0.303 e. The lowest BCUT2D eigenvalue weighted by Crippen LogP contribution is -2.33. The first-order valence-electron chi connectivity index (χ1n) is 11.3. The van der Waals surface area contributed by atoms with Gasteiger partial charge in [0.05, 0.1) is 12.1 Å². The van der Waals surface area contributed by atoms with Crippen molar-refractivity contribution in [1.29, 1.82) is 0 Å². The zero-order valence-electron chi connectivity index (χ0n) is 18.5. The maximum absolute atomic E-state index is 12.2. The Morgan fingerprint density at radius 3 is 2.68 bits per heavy atom. The Kier molecular flexibility index (Phi) is 10.9. The highest BCUT2D eigenvalue weighted by Crippen LogP contribution is 2.22. The SMILES string of the molecule is CC(CC#CCc1ccccc1)C(O)/C=C/[C@H]1CCC(=O)N1CCCCCCC(=O)O. The Balaban J connectivity index is 1.73. The van der Waals surface area contributed by atoms with Crippen LogP contribution in [0.3, 0.4) is 0 Å². The average Bonchev–Trinajstić information content (AvgIpc) is 3.11. The highest BCUT2D eigenvalue weighted by molar-refractivity contribution is 5.79. The van der Waals surface area contributed by atoms with E-state index in [1.165, 1.54) is 5.56 Å². The molecule has 5 heteroatoms. The molecule has 1 saturated heterocycles. The van der Waals surface area contributed by atoms with Gasteiger partial charge in [-0.3, -0.25) is 9.59 Å². The number of amides is 1. The summed E-state index contributed by atoms with van der Waals surface area (Å²) in [4.78, 5) is 24.6. The summed E-state index contributed by atoms with van der Waals surface area (Å²) in [6, 6.07) is 10.1. The Labute approximate surface area is 186 Å². The normalized spacial score (nSPS) is 18.1. The van der Waals surface area contributed by atoms with Gasteiger partial charge in [-0.25, -0.2) is 0 Å². The van der Waals surface area contributed by atoms with Crippen LogP contribution >= 0.6 is 0 Å². The largest absolute Gasteiger partial charge is 0.481 e. The molecule has 1 amide bonds. The lowest BCUT2D eigenvalue weighted by atomic mass is 9.99. The fourth-order valence-corrected chi connectivity index (χ4v) is 3.70. The fourth-order valence-electron chi connectivity index (χ4n) is 3.70. The molecule has 31 heavy (non-hydrogen) atoms. The molecule has 1 aliphatic heterocycles. The maximum atomic E-state index is 12.2. The molecule has 0 aromatic heterocycles. The van der Waals surface area contributed by atoms with Crippen LogP contribution in [0.25, 0.3) is 0 Å². The first-order chi connectivity index (χ1) is 15.0. The first-order valence-corrected chi connectivity index (χ1v) is 11.3. The van der Waals surface area contributed by atoms with E-state index in [4.69, 9.17) is 5.11 Å². The van der Waals surface area contributed by atoms with E-state index in [-0.39, 0.29) is 24.3 Å². The zero-order valence-corrected chi connectivity index (χ0v) is 18.5. The third-order valence-electron chi connectivity index (χ3n) is 5.71. The monoisotopic (exact) mass is 425 g/mol. The van der Waals surface area contributed by atoms with Gasteiger partial charge in [0, 0.05) is 32.2 Å². The number of nitrogens with zero attached hydrogens (tertiary/aromatic N) is 1. The Bertz CT molecular complexity index is 778. The summed E-state index contributed by atoms with van der Waals surface area (Å²) in [7, 11) is 0. The van der Waals surface area contributed by atoms with Crippen molar-refractivity contribution in [3.63, 3.8) is 0 Å². The highest BCUT2D eigenvalue weighted by Gasteiger charge is 2.28. The van der Waals surface area contributed by atoms with Gasteiger partial charge in [0.15, 0.2) is 0 Å². The van der Waals surface area contributed by atoms with Crippen molar-refractivity contribution in [2.75, 3.05) is 6.54 Å². The summed E-state index contributed by atoms with van der Waals surface area (Å²) in [5.74, 6) is 5.77. The highest BCUT2D eigenvalue weighted by atomic mass is 16.4. The van der Waals surface area contributed by atoms with E-state index in [1.54, 1.807) is 0 Å². The third kappa shape index (κ3) is 9.40. The number of likely N-dealkylation sites (tertiary alicyclic amines) is 1. The number of carboxylic acids is 1. The molecule has 1 fully saturated rings. The van der Waals surface area contributed by atoms with Crippen LogP contribution in [0.2, 0.25) is 0 Å². The van der Waals surface area contributed by atoms with Crippen LogP contribution in [-0.2, 0) is 16.0 Å². The Morgan fingerprint density at radius 2 is 1.94 bits per heavy atom. The molecule has 2 unspecified atom stereocenters. The lowest BCUT2D eigenvalue weighted by molar-refractivity contribution is -0.137. The smallest absolute Gasteiger partial charge is 0.303 e. The van der Waals surface area contributed by atoms with E-state index in [9.17, 15) is 14.7 Å². The van der Waals surface area contributed by atoms with E-state index >= 15 is 0 Å². The number of aliphatic hydroxyl groups excluding tert-OH is 1. The minimum atomic E-state index is -0.755. The number of carbonyl (C=O) groups excluding carboxylic acids is 1. The second-order valence-electron chi connectivity index (χ2n) is 8.32. The minimum absolute atomic E-state index is 0.0271. The Hall–Kier alpha value is -2.58. The number of carbonyl (C=O) groups is 2. The van der Waals surface area contributed by atoms with Crippen LogP contribution in [0.15, 0.2) is 42.5 Å². The molecule has 0 spiro atoms. The van der Waals surface area contributed by atoms with Crippen LogP contribution in [0.4, 0.5) is 0 Å². The summed E-state index contributed by atoms with van der Waals surface area (Å²) in [5.41, 5.74) is 1.19. The quantitative estimate of drug-likeness (QED) is 0.299. The van der Waals surface area contributed by atoms with Crippen LogP contribution in [0.1, 0.15) is 63.9 Å². The number of benzene rings is 1. The van der Waals surface area contributed by atoms with Crippen LogP contribution in [0.5, 0.6) is 0 Å². The molecule has 1 heterocycles. The fraction of sp³-hybridized carbons (Fsp3) is 0.538. The van der Waals surface area contributed by atoms with Crippen molar-refractivity contribution in [3.05, 3.63) is 48.0 Å². The number of aliphatic hydroxyl groups is 1. The number of hydrogen-bond donors (Lipinski definition) is 2. The molecule has 2 N–H and O–H groups in total. The molecule has 1 aromatic rings. The third-order valence-corrected chi connectivity index (χ3v) is 5.71. The van der Waals surface area contributed by atoms with Gasteiger partial charge in [-0.05, 0) is 30.7 Å². The first kappa shape index (κ1) is 24.7. The molecule has 1 aromatic carbocycles. The summed E-state index contributed by atoms with van der Waals surface area (Å²) < 4.78 is 0. The van der Waals surface area contributed by atoms with Gasteiger partial charge < -0.3 is 15.1 Å². The molecule has 0 saturated carbocycles. The Morgan fingerprint density at radius 1 is 1.19 bits per heavy atom. The zero-order chi connectivity index (χ0) is 22.5. The van der Waals surface area contributed by atoms with Gasteiger partial charge in [0.25, 0.3) is 0 Å². The number of unbranched alkanes of at least 4 members (excludes halogenated alkanes) is 3. The summed E-state index contributed by atoms with van der Waals surface area (Å²) in [6.07, 6.45) is 9.44. The summed E-state index contributed by atoms with van der Waals surface area (Å²) >= 11 is 0. The van der Waals surface area contributed by atoms with E-state index in [1.807, 2.05) is 42.2 Å². The molecule has 5 nitrogen and oxygen atoms in total. The second kappa shape index (κ2) is 13.7. The molecule has 0 radical (unpaired) electrons. The molecule has 168 valence electrons. The van der Waals surface area contributed by atoms with Crippen molar-refractivity contribution in [2.24, 2.45) is 5.92 Å². The van der Waals surface area contributed by atoms with E-state index in [2.05, 4.69) is 24.0 Å². The van der Waals surface area contributed by atoms with Gasteiger partial charge in [-0.2, -0.15) is 0 Å². The molecular weight excluding hydrogens is 390 g/mol. The van der Waals surface area contributed by atoms with E-state index in [0.29, 0.717) is 25.8 Å². The van der Waals surface area contributed by atoms with Gasteiger partial charge in [0.1, 0.15) is 0 Å². The lowest BCUT2D eigenvalue weighted by Gasteiger charge is -2.23. The van der Waals surface area contributed by atoms with Crippen molar-refractivity contribution in [1.82, 2.24) is 4.90 Å². The minimum Gasteiger partial charge on any atom is -0.481 e. The standard InChI is InChI=1S/C26H35NO4/c1-21(11-8-9-14-22-12-5-4-6-13-22)24(28)18-16-23-17-19-25(29)27(23)20-10-3-2-7-15-26(30)31/h4-6,12-13,16,18,21,23-24,28H,2-3,7,10-11,14-15,17,19-20H2,1H3,(H,30,31)/b18-16+/t21?,23-,24?/m0/s1. The number of carboxylic acid groups (broad SMARTS) is 1. The molecule has 2 rings (SSSR count). The topological polar surface area (TPSA) is 77.8 Å². The van der Waals surface area contributed by atoms with Crippen molar-refractivity contribution in [3.8, 4) is 11.8 Å². The van der Waals surface area contributed by atoms with Crippen LogP contribution in [-0.4, -0.2) is 45.7 Å². The van der Waals surface area contributed by atoms with Gasteiger partial charge in [-0.1, -0.05) is 68.2 Å². The molecule has 0 bridgehead atoms. The van der Waals surface area contributed by atoms with Crippen molar-refractivity contribution < 1.29 is 19.8 Å². The van der Waals surface area contributed by atoms with E-state index in [0.717, 1.165) is 32.1 Å². The van der Waals surface area contributed by atoms with Crippen molar-refractivity contribution >= 4 is 11.9 Å². The van der Waals surface area contributed by atoms with Crippen LogP contribution < -0.4 is 0 Å². The average molecular weight is 426 g/mol. The number of hydrogen-bond acceptors (Lipinski definition) is 3. The predicted molar refractivity (Wildman–Crippen MR) is 122 cm³/mol. The van der Waals surface area contributed by atoms with Gasteiger partial charge >= 0.3 is 5.97 Å². The summed E-state index contributed by atoms with van der Waals surface area (Å²) in [6.45, 7) is 2.68. The molecular formula is C26H35NO4. The predicted octanol–water partition coefficient (Wildman–Crippen LogP) is 4.20. The molecule has 1 aliphatic rings. The number of aliphatic carboxylic acids is 1. The van der Waals surface area contributed by atoms with Gasteiger partial charge in [0.2, 0.25) is 5.91 Å². The number of rotatable bonds is 12. The van der Waals surface area contributed by atoms with Crippen LogP contribution in [0, 0.1) is 17.8 Å².